The van der Waals surface area contributed by atoms with Crippen LogP contribution in [-0.4, -0.2) is 38.5 Å². The molecular formula is C19H20N4O5. The van der Waals surface area contributed by atoms with Crippen molar-refractivity contribution in [3.05, 3.63) is 68.0 Å². The van der Waals surface area contributed by atoms with Crippen molar-refractivity contribution in [2.24, 2.45) is 0 Å². The molecule has 0 saturated carbocycles. The summed E-state index contributed by atoms with van der Waals surface area (Å²) in [4.78, 5) is 39.9. The minimum atomic E-state index is -0.546. The minimum Gasteiger partial charge on any atom is -0.383 e. The Morgan fingerprint density at radius 1 is 1.29 bits per heavy atom. The molecule has 0 spiro atoms. The number of nitro groups is 1. The Kier molecular flexibility index (Phi) is 5.36. The van der Waals surface area contributed by atoms with Crippen molar-refractivity contribution in [1.82, 2.24) is 14.1 Å². The van der Waals surface area contributed by atoms with Crippen LogP contribution in [0.15, 0.2) is 35.4 Å². The third-order valence-electron chi connectivity index (χ3n) is 4.73. The molecule has 2 heterocycles. The maximum absolute atomic E-state index is 12.8. The van der Waals surface area contributed by atoms with E-state index in [9.17, 15) is 19.7 Å². The molecule has 0 fully saturated rings. The molecule has 0 atom stereocenters. The van der Waals surface area contributed by atoms with E-state index in [2.05, 4.69) is 4.98 Å². The number of aromatic nitrogens is 3. The summed E-state index contributed by atoms with van der Waals surface area (Å²) < 4.78 is 8.32. The molecule has 146 valence electrons. The van der Waals surface area contributed by atoms with Gasteiger partial charge in [0.05, 0.1) is 35.3 Å². The van der Waals surface area contributed by atoms with Crippen LogP contribution in [0.4, 0.5) is 5.69 Å². The van der Waals surface area contributed by atoms with Gasteiger partial charge < -0.3 is 9.30 Å². The number of carbonyl (C=O) groups is 1. The van der Waals surface area contributed by atoms with E-state index in [-0.39, 0.29) is 28.9 Å². The molecule has 0 aliphatic carbocycles. The average Bonchev–Trinajstić information content (AvgIpc) is 2.95. The molecule has 0 amide bonds. The second kappa shape index (κ2) is 7.73. The number of nitro benzene ring substituents is 1. The molecule has 0 radical (unpaired) electrons. The molecular weight excluding hydrogens is 364 g/mol. The first-order valence-corrected chi connectivity index (χ1v) is 8.66. The van der Waals surface area contributed by atoms with E-state index in [1.165, 1.54) is 29.1 Å². The lowest BCUT2D eigenvalue weighted by molar-refractivity contribution is -0.384. The molecule has 0 saturated heterocycles. The van der Waals surface area contributed by atoms with Crippen LogP contribution < -0.4 is 5.56 Å². The van der Waals surface area contributed by atoms with Gasteiger partial charge >= 0.3 is 0 Å². The number of carbonyl (C=O) groups excluding carboxylic acids is 1. The number of methoxy groups -OCH3 is 1. The van der Waals surface area contributed by atoms with Gasteiger partial charge in [0, 0.05) is 42.7 Å². The summed E-state index contributed by atoms with van der Waals surface area (Å²) in [6.45, 7) is 4.78. The van der Waals surface area contributed by atoms with E-state index < -0.39 is 10.5 Å². The molecule has 0 aliphatic heterocycles. The predicted molar refractivity (Wildman–Crippen MR) is 103 cm³/mol. The number of aryl methyl sites for hydroxylation is 1. The molecule has 0 bridgehead atoms. The molecule has 3 rings (SSSR count). The van der Waals surface area contributed by atoms with Crippen LogP contribution in [-0.2, 0) is 17.8 Å². The van der Waals surface area contributed by atoms with Crippen molar-refractivity contribution in [2.45, 2.75) is 26.9 Å². The smallest absolute Gasteiger partial charge is 0.271 e. The van der Waals surface area contributed by atoms with Gasteiger partial charge in [-0.05, 0) is 26.0 Å². The second-order valence-corrected chi connectivity index (χ2v) is 6.49. The third kappa shape index (κ3) is 3.56. The van der Waals surface area contributed by atoms with Crippen LogP contribution in [0, 0.1) is 24.0 Å². The Hall–Kier alpha value is -3.33. The van der Waals surface area contributed by atoms with Crippen molar-refractivity contribution in [2.75, 3.05) is 13.7 Å². The standard InChI is InChI=1S/C19H20N4O5/c1-12-8-16(13(2)22(12)6-7-28-3)18(24)10-21-11-20-17-9-14(23(26)27)4-5-15(17)19(21)25/h4-5,8-9,11H,6-7,10H2,1-3H3. The van der Waals surface area contributed by atoms with E-state index >= 15 is 0 Å². The summed E-state index contributed by atoms with van der Waals surface area (Å²) in [5.74, 6) is -0.207. The molecule has 1 aromatic carbocycles. The number of Topliss-reactive ketones (excluding diaryl/α,β-unsaturated/α-hetero) is 1. The van der Waals surface area contributed by atoms with Crippen LogP contribution >= 0.6 is 0 Å². The summed E-state index contributed by atoms with van der Waals surface area (Å²) in [7, 11) is 1.62. The highest BCUT2D eigenvalue weighted by Crippen LogP contribution is 2.18. The highest BCUT2D eigenvalue weighted by Gasteiger charge is 2.17. The Labute approximate surface area is 160 Å². The van der Waals surface area contributed by atoms with Gasteiger partial charge in [0.2, 0.25) is 0 Å². The van der Waals surface area contributed by atoms with Gasteiger partial charge in [-0.1, -0.05) is 0 Å². The summed E-state index contributed by atoms with van der Waals surface area (Å²) in [6, 6.07) is 5.66. The topological polar surface area (TPSA) is 109 Å². The van der Waals surface area contributed by atoms with Crippen molar-refractivity contribution in [3.8, 4) is 0 Å². The molecule has 0 unspecified atom stereocenters. The van der Waals surface area contributed by atoms with Crippen molar-refractivity contribution < 1.29 is 14.5 Å². The Balaban J connectivity index is 1.91. The molecule has 3 aromatic rings. The zero-order valence-electron chi connectivity index (χ0n) is 15.8. The fraction of sp³-hybridized carbons (Fsp3) is 0.316. The maximum atomic E-state index is 12.8. The molecule has 0 aliphatic rings. The fourth-order valence-electron chi connectivity index (χ4n) is 3.22. The number of fused-ring (bicyclic) bond motifs is 1. The predicted octanol–water partition coefficient (Wildman–Crippen LogP) is 2.25. The lowest BCUT2D eigenvalue weighted by Crippen LogP contribution is -2.25. The van der Waals surface area contributed by atoms with Crippen molar-refractivity contribution in [3.63, 3.8) is 0 Å². The monoisotopic (exact) mass is 384 g/mol. The quantitative estimate of drug-likeness (QED) is 0.351. The third-order valence-corrected chi connectivity index (χ3v) is 4.73. The number of ether oxygens (including phenoxy) is 1. The first-order valence-electron chi connectivity index (χ1n) is 8.66. The van der Waals surface area contributed by atoms with Gasteiger partial charge in [-0.25, -0.2) is 4.98 Å². The van der Waals surface area contributed by atoms with Crippen LogP contribution in [0.3, 0.4) is 0 Å². The Morgan fingerprint density at radius 2 is 2.04 bits per heavy atom. The van der Waals surface area contributed by atoms with Crippen LogP contribution in [0.1, 0.15) is 21.7 Å². The number of hydrogen-bond acceptors (Lipinski definition) is 6. The molecule has 9 nitrogen and oxygen atoms in total. The summed E-state index contributed by atoms with van der Waals surface area (Å²) in [5.41, 5.74) is 1.97. The number of rotatable bonds is 7. The molecule has 28 heavy (non-hydrogen) atoms. The van der Waals surface area contributed by atoms with E-state index in [1.807, 2.05) is 18.4 Å². The lowest BCUT2D eigenvalue weighted by Gasteiger charge is -2.09. The first kappa shape index (κ1) is 19.4. The van der Waals surface area contributed by atoms with Crippen molar-refractivity contribution in [1.29, 1.82) is 0 Å². The highest BCUT2D eigenvalue weighted by molar-refractivity contribution is 5.97. The first-order chi connectivity index (χ1) is 13.3. The number of ketones is 1. The summed E-state index contributed by atoms with van der Waals surface area (Å²) >= 11 is 0. The Morgan fingerprint density at radius 3 is 2.71 bits per heavy atom. The average molecular weight is 384 g/mol. The van der Waals surface area contributed by atoms with Gasteiger partial charge in [0.1, 0.15) is 0 Å². The Bertz CT molecular complexity index is 1130. The van der Waals surface area contributed by atoms with E-state index in [1.54, 1.807) is 13.2 Å². The SMILES string of the molecule is COCCn1c(C)cc(C(=O)Cn2cnc3cc([N+](=O)[O-])ccc3c2=O)c1C. The highest BCUT2D eigenvalue weighted by atomic mass is 16.6. The maximum Gasteiger partial charge on any atom is 0.271 e. The van der Waals surface area contributed by atoms with Crippen LogP contribution in [0.2, 0.25) is 0 Å². The van der Waals surface area contributed by atoms with E-state index in [0.29, 0.717) is 18.7 Å². The van der Waals surface area contributed by atoms with Gasteiger partial charge in [-0.15, -0.1) is 0 Å². The normalized spacial score (nSPS) is 11.1. The van der Waals surface area contributed by atoms with E-state index in [4.69, 9.17) is 4.74 Å². The fourth-order valence-corrected chi connectivity index (χ4v) is 3.22. The molecule has 0 N–H and O–H groups in total. The molecule has 2 aromatic heterocycles. The summed E-state index contributed by atoms with van der Waals surface area (Å²) in [6.07, 6.45) is 1.25. The van der Waals surface area contributed by atoms with Crippen LogP contribution in [0.25, 0.3) is 10.9 Å². The number of nitrogens with zero attached hydrogens (tertiary/aromatic N) is 4. The van der Waals surface area contributed by atoms with Gasteiger partial charge in [-0.3, -0.25) is 24.3 Å². The van der Waals surface area contributed by atoms with Gasteiger partial charge in [0.15, 0.2) is 5.78 Å². The van der Waals surface area contributed by atoms with Crippen molar-refractivity contribution >= 4 is 22.4 Å². The largest absolute Gasteiger partial charge is 0.383 e. The number of benzene rings is 1. The second-order valence-electron chi connectivity index (χ2n) is 6.49. The zero-order valence-corrected chi connectivity index (χ0v) is 15.8. The molecule has 9 heteroatoms. The summed E-state index contributed by atoms with van der Waals surface area (Å²) in [5, 5.41) is 11.1. The van der Waals surface area contributed by atoms with Crippen LogP contribution in [0.5, 0.6) is 0 Å². The number of non-ortho nitro benzene ring substituents is 1. The van der Waals surface area contributed by atoms with Gasteiger partial charge in [-0.2, -0.15) is 0 Å². The lowest BCUT2D eigenvalue weighted by atomic mass is 10.1. The number of hydrogen-bond donors (Lipinski definition) is 0. The zero-order chi connectivity index (χ0) is 20.4. The van der Waals surface area contributed by atoms with Gasteiger partial charge in [0.25, 0.3) is 11.2 Å². The van der Waals surface area contributed by atoms with E-state index in [0.717, 1.165) is 11.4 Å². The minimum absolute atomic E-state index is 0.142.